The molecule has 11 nitrogen and oxygen atoms in total. The van der Waals surface area contributed by atoms with Gasteiger partial charge >= 0.3 is 0 Å². The van der Waals surface area contributed by atoms with Gasteiger partial charge in [-0.1, -0.05) is 13.0 Å². The topological polar surface area (TPSA) is 134 Å². The fourth-order valence-corrected chi connectivity index (χ4v) is 4.52. The van der Waals surface area contributed by atoms with Crippen molar-refractivity contribution in [2.45, 2.75) is 43.9 Å². The highest BCUT2D eigenvalue weighted by atomic mass is 32.2. The van der Waals surface area contributed by atoms with E-state index in [1.807, 2.05) is 0 Å². The van der Waals surface area contributed by atoms with Crippen LogP contribution >= 0.6 is 0 Å². The first-order chi connectivity index (χ1) is 15.3. The summed E-state index contributed by atoms with van der Waals surface area (Å²) in [5, 5.41) is 7.55. The first-order valence-electron chi connectivity index (χ1n) is 10.2. The molecule has 1 aliphatic rings. The van der Waals surface area contributed by atoms with Crippen LogP contribution in [0.5, 0.6) is 11.8 Å². The number of anilines is 1. The van der Waals surface area contributed by atoms with E-state index in [0.717, 1.165) is 12.8 Å². The van der Waals surface area contributed by atoms with Crippen molar-refractivity contribution in [1.82, 2.24) is 29.7 Å². The number of methoxy groups -OCH3 is 2. The minimum atomic E-state index is -3.80. The molecule has 2 atom stereocenters. The molecule has 170 valence electrons. The Morgan fingerprint density at radius 2 is 1.81 bits per heavy atom. The van der Waals surface area contributed by atoms with E-state index >= 15 is 0 Å². The zero-order valence-corrected chi connectivity index (χ0v) is 19.1. The van der Waals surface area contributed by atoms with Gasteiger partial charge in [-0.25, -0.2) is 18.4 Å². The SMILES string of the molecule is COc1cnc([C@@H](C)[C@H](C)S(=O)(=O)Nc2nnc(-c3cccc(OC)n3)n2C2CC2)cn1. The third kappa shape index (κ3) is 4.35. The average molecular weight is 460 g/mol. The highest BCUT2D eigenvalue weighted by molar-refractivity contribution is 7.93. The standard InChI is InChI=1S/C20H25N7O4S/c1-12(16-10-22-18(31-4)11-21-16)13(2)32(28,29)26-20-25-24-19(27(20)14-8-9-14)15-6-5-7-17(23-15)30-3/h5-7,10-14H,8-9H2,1-4H3,(H,25,26)/t12-,13-/m0/s1. The summed E-state index contributed by atoms with van der Waals surface area (Å²) in [7, 11) is -0.774. The number of pyridine rings is 1. The second kappa shape index (κ2) is 8.69. The van der Waals surface area contributed by atoms with E-state index in [1.165, 1.54) is 26.6 Å². The molecule has 0 aromatic carbocycles. The normalized spacial score (nSPS) is 15.8. The number of nitrogens with one attached hydrogen (secondary N) is 1. The Hall–Kier alpha value is -3.28. The lowest BCUT2D eigenvalue weighted by Crippen LogP contribution is -2.31. The largest absolute Gasteiger partial charge is 0.481 e. The fraction of sp³-hybridized carbons (Fsp3) is 0.450. The van der Waals surface area contributed by atoms with Gasteiger partial charge in [0.2, 0.25) is 27.7 Å². The summed E-state index contributed by atoms with van der Waals surface area (Å²) in [6.45, 7) is 3.42. The van der Waals surface area contributed by atoms with Gasteiger partial charge in [0.15, 0.2) is 5.82 Å². The van der Waals surface area contributed by atoms with Crippen LogP contribution in [0.25, 0.3) is 11.5 Å². The molecule has 3 aromatic rings. The maximum Gasteiger partial charge on any atom is 0.238 e. The zero-order valence-electron chi connectivity index (χ0n) is 18.3. The lowest BCUT2D eigenvalue weighted by Gasteiger charge is -2.20. The smallest absolute Gasteiger partial charge is 0.238 e. The average Bonchev–Trinajstić information content (AvgIpc) is 3.57. The van der Waals surface area contributed by atoms with Crippen LogP contribution in [0, 0.1) is 0 Å². The second-order valence-electron chi connectivity index (χ2n) is 7.64. The molecule has 3 aromatic heterocycles. The third-order valence-electron chi connectivity index (χ3n) is 5.52. The third-order valence-corrected chi connectivity index (χ3v) is 7.37. The first kappa shape index (κ1) is 21.9. The van der Waals surface area contributed by atoms with Crippen molar-refractivity contribution in [1.29, 1.82) is 0 Å². The van der Waals surface area contributed by atoms with E-state index in [2.05, 4.69) is 29.9 Å². The number of hydrogen-bond acceptors (Lipinski definition) is 9. The van der Waals surface area contributed by atoms with Crippen molar-refractivity contribution in [2.24, 2.45) is 0 Å². The number of sulfonamides is 1. The highest BCUT2D eigenvalue weighted by Gasteiger charge is 2.34. The summed E-state index contributed by atoms with van der Waals surface area (Å²) in [5.74, 6) is 1.06. The first-order valence-corrected chi connectivity index (χ1v) is 11.7. The van der Waals surface area contributed by atoms with Crippen LogP contribution in [-0.4, -0.2) is 57.6 Å². The van der Waals surface area contributed by atoms with Gasteiger partial charge in [-0.15, -0.1) is 10.2 Å². The molecular formula is C20H25N7O4S. The molecule has 0 unspecified atom stereocenters. The van der Waals surface area contributed by atoms with Gasteiger partial charge in [0.05, 0.1) is 37.6 Å². The second-order valence-corrected chi connectivity index (χ2v) is 9.68. The van der Waals surface area contributed by atoms with Gasteiger partial charge in [-0.3, -0.25) is 14.3 Å². The lowest BCUT2D eigenvalue weighted by atomic mass is 10.1. The molecule has 0 aliphatic heterocycles. The van der Waals surface area contributed by atoms with Crippen LogP contribution in [-0.2, 0) is 10.0 Å². The molecular weight excluding hydrogens is 434 g/mol. The Morgan fingerprint density at radius 3 is 2.44 bits per heavy atom. The van der Waals surface area contributed by atoms with Gasteiger partial charge in [0, 0.05) is 18.0 Å². The van der Waals surface area contributed by atoms with Crippen molar-refractivity contribution in [3.05, 3.63) is 36.3 Å². The molecule has 4 rings (SSSR count). The Bertz CT molecular complexity index is 1190. The van der Waals surface area contributed by atoms with Crippen LogP contribution in [0.3, 0.4) is 0 Å². The number of rotatable bonds is 9. The maximum atomic E-state index is 13.2. The van der Waals surface area contributed by atoms with E-state index in [0.29, 0.717) is 29.0 Å². The summed E-state index contributed by atoms with van der Waals surface area (Å²) in [6, 6.07) is 5.44. The number of ether oxygens (including phenoxy) is 2. The molecule has 32 heavy (non-hydrogen) atoms. The fourth-order valence-electron chi connectivity index (χ4n) is 3.26. The Kier molecular flexibility index (Phi) is 5.96. The molecule has 0 amide bonds. The lowest BCUT2D eigenvalue weighted by molar-refractivity contribution is 0.394. The van der Waals surface area contributed by atoms with E-state index < -0.39 is 21.2 Å². The number of aromatic nitrogens is 6. The van der Waals surface area contributed by atoms with Crippen molar-refractivity contribution in [3.8, 4) is 23.3 Å². The summed E-state index contributed by atoms with van der Waals surface area (Å²) in [5.41, 5.74) is 1.11. The molecule has 0 saturated heterocycles. The summed E-state index contributed by atoms with van der Waals surface area (Å²) < 4.78 is 41.0. The predicted octanol–water partition coefficient (Wildman–Crippen LogP) is 2.42. The Morgan fingerprint density at radius 1 is 1.06 bits per heavy atom. The maximum absolute atomic E-state index is 13.2. The summed E-state index contributed by atoms with van der Waals surface area (Å²) in [6.07, 6.45) is 4.82. The molecule has 3 heterocycles. The van der Waals surface area contributed by atoms with Gasteiger partial charge < -0.3 is 9.47 Å². The minimum Gasteiger partial charge on any atom is -0.481 e. The molecule has 1 fully saturated rings. The Balaban J connectivity index is 1.60. The predicted molar refractivity (Wildman–Crippen MR) is 117 cm³/mol. The Labute approximate surface area is 186 Å². The van der Waals surface area contributed by atoms with Crippen LogP contribution in [0.2, 0.25) is 0 Å². The van der Waals surface area contributed by atoms with E-state index in [4.69, 9.17) is 9.47 Å². The molecule has 0 spiro atoms. The van der Waals surface area contributed by atoms with Gasteiger partial charge in [-0.2, -0.15) is 0 Å². The monoisotopic (exact) mass is 459 g/mol. The minimum absolute atomic E-state index is 0.117. The number of nitrogens with zero attached hydrogens (tertiary/aromatic N) is 6. The van der Waals surface area contributed by atoms with Crippen molar-refractivity contribution in [3.63, 3.8) is 0 Å². The molecule has 12 heteroatoms. The van der Waals surface area contributed by atoms with Crippen molar-refractivity contribution < 1.29 is 17.9 Å². The van der Waals surface area contributed by atoms with Crippen molar-refractivity contribution in [2.75, 3.05) is 18.9 Å². The summed E-state index contributed by atoms with van der Waals surface area (Å²) >= 11 is 0. The van der Waals surface area contributed by atoms with Crippen LogP contribution in [0.15, 0.2) is 30.6 Å². The molecule has 0 radical (unpaired) electrons. The highest BCUT2D eigenvalue weighted by Crippen LogP contribution is 2.40. The quantitative estimate of drug-likeness (QED) is 0.512. The van der Waals surface area contributed by atoms with Crippen LogP contribution < -0.4 is 14.2 Å². The molecule has 1 aliphatic carbocycles. The molecule has 1 N–H and O–H groups in total. The van der Waals surface area contributed by atoms with Gasteiger partial charge in [-0.05, 0) is 25.8 Å². The zero-order chi connectivity index (χ0) is 22.9. The molecule has 0 bridgehead atoms. The van der Waals surface area contributed by atoms with Gasteiger partial charge in [0.1, 0.15) is 5.69 Å². The van der Waals surface area contributed by atoms with Crippen LogP contribution in [0.1, 0.15) is 44.3 Å². The van der Waals surface area contributed by atoms with Gasteiger partial charge in [0.25, 0.3) is 0 Å². The van der Waals surface area contributed by atoms with E-state index in [-0.39, 0.29) is 12.0 Å². The van der Waals surface area contributed by atoms with E-state index in [9.17, 15) is 8.42 Å². The van der Waals surface area contributed by atoms with Crippen molar-refractivity contribution >= 4 is 16.0 Å². The van der Waals surface area contributed by atoms with E-state index in [1.54, 1.807) is 36.6 Å². The van der Waals surface area contributed by atoms with Crippen LogP contribution in [0.4, 0.5) is 5.95 Å². The number of hydrogen-bond donors (Lipinski definition) is 1. The summed E-state index contributed by atoms with van der Waals surface area (Å²) in [4.78, 5) is 12.8. The molecule has 1 saturated carbocycles.